The maximum atomic E-state index is 10.4. The summed E-state index contributed by atoms with van der Waals surface area (Å²) in [5.74, 6) is -1.37. The third-order valence-electron chi connectivity index (χ3n) is 1.94. The Morgan fingerprint density at radius 3 is 1.94 bits per heavy atom. The number of primary amides is 1. The van der Waals surface area contributed by atoms with Crippen LogP contribution in [0.4, 0.5) is 0 Å². The zero-order chi connectivity index (χ0) is 13.4. The van der Waals surface area contributed by atoms with Gasteiger partial charge in [-0.3, -0.25) is 9.78 Å². The van der Waals surface area contributed by atoms with Crippen LogP contribution < -0.4 is 5.73 Å². The van der Waals surface area contributed by atoms with Gasteiger partial charge in [-0.1, -0.05) is 24.3 Å². The number of hydrogen-bond donors (Lipinski definition) is 2. The van der Waals surface area contributed by atoms with Crippen molar-refractivity contribution < 1.29 is 14.7 Å². The molecule has 0 radical (unpaired) electrons. The van der Waals surface area contributed by atoms with Crippen molar-refractivity contribution in [2.75, 3.05) is 0 Å². The lowest BCUT2D eigenvalue weighted by Gasteiger charge is -1.88. The fraction of sp³-hybridized carbons (Fsp3) is 0. The molecule has 0 saturated carbocycles. The van der Waals surface area contributed by atoms with Crippen molar-refractivity contribution in [3.05, 3.63) is 66.0 Å². The first kappa shape index (κ1) is 13.4. The monoisotopic (exact) mass is 244 g/mol. The maximum Gasteiger partial charge on any atom is 0.335 e. The summed E-state index contributed by atoms with van der Waals surface area (Å²) in [6.07, 6.45) is 1.53. The van der Waals surface area contributed by atoms with Crippen molar-refractivity contribution in [3.63, 3.8) is 0 Å². The van der Waals surface area contributed by atoms with Crippen molar-refractivity contribution >= 4 is 11.9 Å². The van der Waals surface area contributed by atoms with Crippen LogP contribution in [0.5, 0.6) is 0 Å². The molecule has 3 N–H and O–H groups in total. The molecule has 0 fully saturated rings. The highest BCUT2D eigenvalue weighted by molar-refractivity contribution is 5.90. The van der Waals surface area contributed by atoms with Crippen LogP contribution in [-0.4, -0.2) is 22.0 Å². The molecule has 1 heterocycles. The van der Waals surface area contributed by atoms with E-state index < -0.39 is 11.9 Å². The van der Waals surface area contributed by atoms with Crippen LogP contribution in [0.25, 0.3) is 0 Å². The zero-order valence-corrected chi connectivity index (χ0v) is 9.48. The van der Waals surface area contributed by atoms with E-state index in [0.29, 0.717) is 11.3 Å². The molecule has 0 aliphatic carbocycles. The molecule has 5 heteroatoms. The van der Waals surface area contributed by atoms with E-state index in [1.165, 1.54) is 6.20 Å². The second kappa shape index (κ2) is 6.80. The summed E-state index contributed by atoms with van der Waals surface area (Å²) in [7, 11) is 0. The number of benzene rings is 1. The third-order valence-corrected chi connectivity index (χ3v) is 1.94. The number of pyridine rings is 1. The van der Waals surface area contributed by atoms with E-state index in [0.717, 1.165) is 0 Å². The summed E-state index contributed by atoms with van der Waals surface area (Å²) < 4.78 is 0. The van der Waals surface area contributed by atoms with Crippen molar-refractivity contribution in [2.45, 2.75) is 0 Å². The minimum atomic E-state index is -0.879. The molecule has 1 aromatic heterocycles. The normalized spacial score (nSPS) is 8.89. The SMILES string of the molecule is NC(=O)c1ccccn1.O=C(O)c1ccccc1. The first-order valence-corrected chi connectivity index (χ1v) is 5.10. The second-order valence-corrected chi connectivity index (χ2v) is 3.25. The summed E-state index contributed by atoms with van der Waals surface area (Å²) in [6, 6.07) is 13.3. The number of nitrogens with two attached hydrogens (primary N) is 1. The van der Waals surface area contributed by atoms with Crippen LogP contribution in [0, 0.1) is 0 Å². The molecule has 5 nitrogen and oxygen atoms in total. The number of carbonyl (C=O) groups is 2. The van der Waals surface area contributed by atoms with Gasteiger partial charge in [0.2, 0.25) is 0 Å². The molecule has 0 bridgehead atoms. The summed E-state index contributed by atoms with van der Waals surface area (Å²) in [6.45, 7) is 0. The van der Waals surface area contributed by atoms with Gasteiger partial charge in [0, 0.05) is 6.20 Å². The zero-order valence-electron chi connectivity index (χ0n) is 9.48. The van der Waals surface area contributed by atoms with Crippen LogP contribution >= 0.6 is 0 Å². The number of carboxylic acids is 1. The molecule has 18 heavy (non-hydrogen) atoms. The van der Waals surface area contributed by atoms with Crippen molar-refractivity contribution in [3.8, 4) is 0 Å². The molecule has 2 aromatic rings. The minimum absolute atomic E-state index is 0.303. The van der Waals surface area contributed by atoms with Crippen molar-refractivity contribution in [1.29, 1.82) is 0 Å². The van der Waals surface area contributed by atoms with Gasteiger partial charge >= 0.3 is 5.97 Å². The Morgan fingerprint density at radius 2 is 1.61 bits per heavy atom. The molecular formula is C13H12N2O3. The highest BCUT2D eigenvalue weighted by atomic mass is 16.4. The maximum absolute atomic E-state index is 10.4. The number of amides is 1. The van der Waals surface area contributed by atoms with Crippen LogP contribution in [0.1, 0.15) is 20.8 Å². The summed E-state index contributed by atoms with van der Waals surface area (Å²) in [4.78, 5) is 24.3. The number of carboxylic acid groups (broad SMARTS) is 1. The first-order valence-electron chi connectivity index (χ1n) is 5.10. The van der Waals surface area contributed by atoms with E-state index in [-0.39, 0.29) is 0 Å². The number of rotatable bonds is 2. The molecule has 0 saturated heterocycles. The fourth-order valence-corrected chi connectivity index (χ4v) is 1.09. The Morgan fingerprint density at radius 1 is 1.00 bits per heavy atom. The van der Waals surface area contributed by atoms with Gasteiger partial charge in [-0.15, -0.1) is 0 Å². The van der Waals surface area contributed by atoms with Gasteiger partial charge in [-0.25, -0.2) is 4.79 Å². The van der Waals surface area contributed by atoms with Gasteiger partial charge in [-0.2, -0.15) is 0 Å². The van der Waals surface area contributed by atoms with Gasteiger partial charge in [0.15, 0.2) is 0 Å². The standard InChI is InChI=1S/C7H6O2.C6H6N2O/c8-7(9)6-4-2-1-3-5-6;7-6(9)5-3-1-2-4-8-5/h1-5H,(H,8,9);1-4H,(H2,7,9). The molecule has 2 rings (SSSR count). The number of carbonyl (C=O) groups excluding carboxylic acids is 1. The number of aromatic carboxylic acids is 1. The molecule has 92 valence electrons. The van der Waals surface area contributed by atoms with Gasteiger partial charge in [0.25, 0.3) is 5.91 Å². The third kappa shape index (κ3) is 4.44. The average Bonchev–Trinajstić information content (AvgIpc) is 2.41. The molecule has 0 unspecified atom stereocenters. The predicted molar refractivity (Wildman–Crippen MR) is 66.2 cm³/mol. The van der Waals surface area contributed by atoms with Crippen LogP contribution in [0.15, 0.2) is 54.7 Å². The Balaban J connectivity index is 0.000000180. The van der Waals surface area contributed by atoms with Gasteiger partial charge < -0.3 is 10.8 Å². The largest absolute Gasteiger partial charge is 0.478 e. The van der Waals surface area contributed by atoms with Crippen molar-refractivity contribution in [2.24, 2.45) is 5.73 Å². The Kier molecular flexibility index (Phi) is 5.05. The smallest absolute Gasteiger partial charge is 0.335 e. The Labute approximate surface area is 104 Å². The van der Waals surface area contributed by atoms with E-state index in [1.807, 2.05) is 0 Å². The van der Waals surface area contributed by atoms with E-state index in [4.69, 9.17) is 10.8 Å². The molecular weight excluding hydrogens is 232 g/mol. The summed E-state index contributed by atoms with van der Waals surface area (Å²) >= 11 is 0. The lowest BCUT2D eigenvalue weighted by atomic mass is 10.2. The van der Waals surface area contributed by atoms with Crippen LogP contribution in [0.3, 0.4) is 0 Å². The highest BCUT2D eigenvalue weighted by Gasteiger charge is 1.97. The van der Waals surface area contributed by atoms with Crippen molar-refractivity contribution in [1.82, 2.24) is 4.98 Å². The lowest BCUT2D eigenvalue weighted by molar-refractivity contribution is 0.0696. The molecule has 1 aromatic carbocycles. The molecule has 0 atom stereocenters. The molecule has 0 aliphatic rings. The fourth-order valence-electron chi connectivity index (χ4n) is 1.09. The van der Waals surface area contributed by atoms with Crippen LogP contribution in [0.2, 0.25) is 0 Å². The number of nitrogens with zero attached hydrogens (tertiary/aromatic N) is 1. The van der Waals surface area contributed by atoms with E-state index in [1.54, 1.807) is 48.5 Å². The quantitative estimate of drug-likeness (QED) is 0.838. The first-order chi connectivity index (χ1) is 8.61. The van der Waals surface area contributed by atoms with Gasteiger partial charge in [0.05, 0.1) is 5.56 Å². The number of hydrogen-bond acceptors (Lipinski definition) is 3. The van der Waals surface area contributed by atoms with E-state index in [9.17, 15) is 9.59 Å². The number of aromatic nitrogens is 1. The molecule has 0 spiro atoms. The summed E-state index contributed by atoms with van der Waals surface area (Å²) in [5.41, 5.74) is 5.55. The molecule has 1 amide bonds. The lowest BCUT2D eigenvalue weighted by Crippen LogP contribution is -2.12. The Hall–Kier alpha value is -2.69. The second-order valence-electron chi connectivity index (χ2n) is 3.25. The van der Waals surface area contributed by atoms with Gasteiger partial charge in [-0.05, 0) is 24.3 Å². The van der Waals surface area contributed by atoms with Crippen LogP contribution in [-0.2, 0) is 0 Å². The summed E-state index contributed by atoms with van der Waals surface area (Å²) in [5, 5.41) is 8.38. The molecule has 0 aliphatic heterocycles. The van der Waals surface area contributed by atoms with E-state index in [2.05, 4.69) is 4.98 Å². The minimum Gasteiger partial charge on any atom is -0.478 e. The average molecular weight is 244 g/mol. The van der Waals surface area contributed by atoms with Gasteiger partial charge in [0.1, 0.15) is 5.69 Å². The topological polar surface area (TPSA) is 93.3 Å². The van der Waals surface area contributed by atoms with E-state index >= 15 is 0 Å². The Bertz CT molecular complexity index is 463. The predicted octanol–water partition coefficient (Wildman–Crippen LogP) is 1.57. The highest BCUT2D eigenvalue weighted by Crippen LogP contribution is 1.96.